The predicted molar refractivity (Wildman–Crippen MR) is 58.2 cm³/mol. The first-order valence-corrected chi connectivity index (χ1v) is 6.04. The molecule has 2 aliphatic rings. The van der Waals surface area contributed by atoms with Crippen LogP contribution in [-0.4, -0.2) is 19.1 Å². The zero-order chi connectivity index (χ0) is 10.9. The lowest BCUT2D eigenvalue weighted by atomic mass is 9.74. The summed E-state index contributed by atoms with van der Waals surface area (Å²) in [4.78, 5) is 11.5. The highest BCUT2D eigenvalue weighted by molar-refractivity contribution is 5.77. The third-order valence-corrected chi connectivity index (χ3v) is 4.32. The second-order valence-electron chi connectivity index (χ2n) is 5.07. The van der Waals surface area contributed by atoms with E-state index in [-0.39, 0.29) is 17.4 Å². The lowest BCUT2D eigenvalue weighted by Gasteiger charge is -2.33. The fourth-order valence-electron chi connectivity index (χ4n) is 3.16. The largest absolute Gasteiger partial charge is 0.468 e. The Kier molecular flexibility index (Phi) is 3.01. The number of methoxy groups -OCH3 is 1. The molecule has 86 valence electrons. The summed E-state index contributed by atoms with van der Waals surface area (Å²) in [7, 11) is 1.43. The Balaban J connectivity index is 2.02. The van der Waals surface area contributed by atoms with Crippen molar-refractivity contribution in [3.05, 3.63) is 0 Å². The quantitative estimate of drug-likeness (QED) is 0.725. The Labute approximate surface area is 91.4 Å². The van der Waals surface area contributed by atoms with E-state index in [4.69, 9.17) is 10.5 Å². The van der Waals surface area contributed by atoms with Crippen LogP contribution in [0.5, 0.6) is 0 Å². The fourth-order valence-corrected chi connectivity index (χ4v) is 3.16. The van der Waals surface area contributed by atoms with Gasteiger partial charge in [0.15, 0.2) is 0 Å². The zero-order valence-electron chi connectivity index (χ0n) is 9.50. The number of carbonyl (C=O) groups is 1. The molecule has 15 heavy (non-hydrogen) atoms. The second-order valence-corrected chi connectivity index (χ2v) is 5.07. The maximum Gasteiger partial charge on any atom is 0.323 e. The minimum atomic E-state index is -0.384. The normalized spacial score (nSPS) is 27.1. The van der Waals surface area contributed by atoms with Crippen LogP contribution in [0, 0.1) is 11.3 Å². The van der Waals surface area contributed by atoms with E-state index in [1.165, 1.54) is 39.2 Å². The van der Waals surface area contributed by atoms with E-state index >= 15 is 0 Å². The fraction of sp³-hybridized carbons (Fsp3) is 0.917. The maximum atomic E-state index is 11.5. The van der Waals surface area contributed by atoms with E-state index in [1.54, 1.807) is 0 Å². The van der Waals surface area contributed by atoms with Crippen molar-refractivity contribution in [1.29, 1.82) is 0 Å². The molecule has 1 atom stereocenters. The van der Waals surface area contributed by atoms with Gasteiger partial charge >= 0.3 is 5.97 Å². The molecule has 0 amide bonds. The topological polar surface area (TPSA) is 52.3 Å². The van der Waals surface area contributed by atoms with Gasteiger partial charge in [-0.25, -0.2) is 0 Å². The van der Waals surface area contributed by atoms with Crippen LogP contribution in [0.1, 0.15) is 44.9 Å². The molecule has 2 saturated carbocycles. The van der Waals surface area contributed by atoms with Gasteiger partial charge in [0.25, 0.3) is 0 Å². The summed E-state index contributed by atoms with van der Waals surface area (Å²) in [6.45, 7) is 0. The molecule has 0 spiro atoms. The molecule has 3 heteroatoms. The highest BCUT2D eigenvalue weighted by atomic mass is 16.5. The van der Waals surface area contributed by atoms with Crippen LogP contribution in [0.15, 0.2) is 0 Å². The molecule has 2 rings (SSSR count). The highest BCUT2D eigenvalue weighted by Gasteiger charge is 2.55. The summed E-state index contributed by atoms with van der Waals surface area (Å²) in [5.74, 6) is 0.443. The molecular formula is C12H21NO2. The van der Waals surface area contributed by atoms with Crippen molar-refractivity contribution in [2.45, 2.75) is 51.0 Å². The average molecular weight is 211 g/mol. The number of hydrogen-bond donors (Lipinski definition) is 1. The molecule has 0 radical (unpaired) electrons. The van der Waals surface area contributed by atoms with Crippen molar-refractivity contribution in [3.63, 3.8) is 0 Å². The van der Waals surface area contributed by atoms with Gasteiger partial charge in [-0.3, -0.25) is 4.79 Å². The zero-order valence-corrected chi connectivity index (χ0v) is 9.50. The second kappa shape index (κ2) is 4.12. The number of carbonyl (C=O) groups excluding carboxylic acids is 1. The molecule has 2 fully saturated rings. The van der Waals surface area contributed by atoms with Crippen molar-refractivity contribution < 1.29 is 9.53 Å². The smallest absolute Gasteiger partial charge is 0.323 e. The molecular weight excluding hydrogens is 190 g/mol. The molecule has 3 nitrogen and oxygen atoms in total. The van der Waals surface area contributed by atoms with Crippen LogP contribution in [0.4, 0.5) is 0 Å². The Morgan fingerprint density at radius 1 is 1.33 bits per heavy atom. The predicted octanol–water partition coefficient (Wildman–Crippen LogP) is 1.85. The molecule has 0 aliphatic heterocycles. The van der Waals surface area contributed by atoms with Gasteiger partial charge in [-0.05, 0) is 37.0 Å². The number of nitrogens with two attached hydrogens (primary N) is 1. The minimum Gasteiger partial charge on any atom is -0.468 e. The first-order chi connectivity index (χ1) is 7.20. The van der Waals surface area contributed by atoms with Gasteiger partial charge in [0, 0.05) is 0 Å². The summed E-state index contributed by atoms with van der Waals surface area (Å²) in [6.07, 6.45) is 8.71. The molecule has 0 aromatic heterocycles. The molecule has 0 saturated heterocycles. The number of rotatable bonds is 3. The average Bonchev–Trinajstić information content (AvgIpc) is 3.09. The summed E-state index contributed by atoms with van der Waals surface area (Å²) in [5, 5.41) is 0. The van der Waals surface area contributed by atoms with E-state index in [0.717, 1.165) is 12.8 Å². The van der Waals surface area contributed by atoms with Crippen molar-refractivity contribution in [3.8, 4) is 0 Å². The third-order valence-electron chi connectivity index (χ3n) is 4.32. The van der Waals surface area contributed by atoms with Gasteiger partial charge in [0.1, 0.15) is 6.04 Å². The summed E-state index contributed by atoms with van der Waals surface area (Å²) in [6, 6.07) is -0.384. The van der Waals surface area contributed by atoms with Gasteiger partial charge in [-0.2, -0.15) is 0 Å². The van der Waals surface area contributed by atoms with Crippen LogP contribution in [0.25, 0.3) is 0 Å². The van der Waals surface area contributed by atoms with Crippen molar-refractivity contribution in [1.82, 2.24) is 0 Å². The van der Waals surface area contributed by atoms with Crippen LogP contribution in [0.3, 0.4) is 0 Å². The Morgan fingerprint density at radius 3 is 2.40 bits per heavy atom. The first-order valence-electron chi connectivity index (χ1n) is 6.04. The Hall–Kier alpha value is -0.570. The molecule has 2 aliphatic carbocycles. The SMILES string of the molecule is COC(=O)C(N)C1(C2CCCCC2)CC1. The Morgan fingerprint density at radius 2 is 1.93 bits per heavy atom. The van der Waals surface area contributed by atoms with Gasteiger partial charge in [0.2, 0.25) is 0 Å². The minimum absolute atomic E-state index is 0.105. The maximum absolute atomic E-state index is 11.5. The van der Waals surface area contributed by atoms with Crippen molar-refractivity contribution in [2.75, 3.05) is 7.11 Å². The number of hydrogen-bond acceptors (Lipinski definition) is 3. The Bertz CT molecular complexity index is 242. The van der Waals surface area contributed by atoms with Gasteiger partial charge in [-0.15, -0.1) is 0 Å². The molecule has 0 aromatic rings. The first kappa shape index (κ1) is 10.9. The lowest BCUT2D eigenvalue weighted by molar-refractivity contribution is -0.144. The van der Waals surface area contributed by atoms with Crippen LogP contribution < -0.4 is 5.73 Å². The molecule has 0 aromatic carbocycles. The van der Waals surface area contributed by atoms with E-state index in [0.29, 0.717) is 5.92 Å². The summed E-state index contributed by atoms with van der Waals surface area (Å²) in [5.41, 5.74) is 6.13. The standard InChI is InChI=1S/C12H21NO2/c1-15-11(14)10(13)12(7-8-12)9-5-3-2-4-6-9/h9-10H,2-8,13H2,1H3. The van der Waals surface area contributed by atoms with Crippen LogP contribution >= 0.6 is 0 Å². The monoisotopic (exact) mass is 211 g/mol. The molecule has 0 bridgehead atoms. The third kappa shape index (κ3) is 1.89. The molecule has 1 unspecified atom stereocenters. The van der Waals surface area contributed by atoms with Crippen LogP contribution in [0.2, 0.25) is 0 Å². The van der Waals surface area contributed by atoms with E-state index < -0.39 is 0 Å². The molecule has 0 heterocycles. The van der Waals surface area contributed by atoms with Gasteiger partial charge in [-0.1, -0.05) is 19.3 Å². The highest BCUT2D eigenvalue weighted by Crippen LogP contribution is 2.58. The summed E-state index contributed by atoms with van der Waals surface area (Å²) >= 11 is 0. The molecule has 2 N–H and O–H groups in total. The van der Waals surface area contributed by atoms with E-state index in [1.807, 2.05) is 0 Å². The lowest BCUT2D eigenvalue weighted by Crippen LogP contribution is -2.44. The number of ether oxygens (including phenoxy) is 1. The van der Waals surface area contributed by atoms with E-state index in [9.17, 15) is 4.79 Å². The van der Waals surface area contributed by atoms with Gasteiger partial charge in [0.05, 0.1) is 7.11 Å². The van der Waals surface area contributed by atoms with E-state index in [2.05, 4.69) is 0 Å². The van der Waals surface area contributed by atoms with Gasteiger partial charge < -0.3 is 10.5 Å². The number of esters is 1. The van der Waals surface area contributed by atoms with Crippen LogP contribution in [-0.2, 0) is 9.53 Å². The summed E-state index contributed by atoms with van der Waals surface area (Å²) < 4.78 is 4.77. The van der Waals surface area contributed by atoms with Crippen molar-refractivity contribution >= 4 is 5.97 Å². The van der Waals surface area contributed by atoms with Crippen molar-refractivity contribution in [2.24, 2.45) is 17.1 Å².